The number of benzene rings is 2. The zero-order valence-electron chi connectivity index (χ0n) is 13.4. The first-order valence-electron chi connectivity index (χ1n) is 8.65. The molecule has 1 aliphatic heterocycles. The molecule has 0 bridgehead atoms. The minimum atomic E-state index is 0.585. The normalized spacial score (nSPS) is 21.8. The van der Waals surface area contributed by atoms with Crippen LogP contribution in [0.15, 0.2) is 36.4 Å². The molecule has 1 N–H and O–H groups in total. The summed E-state index contributed by atoms with van der Waals surface area (Å²) in [6.07, 6.45) is 6.67. The molecule has 2 aromatic rings. The average Bonchev–Trinajstić information content (AvgIpc) is 2.68. The Hall–Kier alpha value is -1.05. The minimum absolute atomic E-state index is 0.585. The molecule has 0 aromatic heterocycles. The number of nitrogens with one attached hydrogen (secondary N) is 1. The third kappa shape index (κ3) is 3.47. The summed E-state index contributed by atoms with van der Waals surface area (Å²) in [5.74, 6) is 1.34. The monoisotopic (exact) mass is 315 g/mol. The van der Waals surface area contributed by atoms with E-state index in [0.29, 0.717) is 5.92 Å². The largest absolute Gasteiger partial charge is 0.317 e. The van der Waals surface area contributed by atoms with Crippen LogP contribution in [-0.2, 0) is 0 Å². The second-order valence-electron chi connectivity index (χ2n) is 6.62. The van der Waals surface area contributed by atoms with E-state index in [1.54, 1.807) is 0 Å². The molecule has 1 fully saturated rings. The van der Waals surface area contributed by atoms with Gasteiger partial charge >= 0.3 is 0 Å². The summed E-state index contributed by atoms with van der Waals surface area (Å²) in [6.45, 7) is 4.74. The second kappa shape index (κ2) is 7.48. The fourth-order valence-corrected chi connectivity index (χ4v) is 4.07. The lowest BCUT2D eigenvalue weighted by atomic mass is 9.80. The molecule has 1 aliphatic rings. The molecule has 2 atom stereocenters. The van der Waals surface area contributed by atoms with E-state index >= 15 is 0 Å². The van der Waals surface area contributed by atoms with Gasteiger partial charge in [0, 0.05) is 10.4 Å². The van der Waals surface area contributed by atoms with E-state index in [0.717, 1.165) is 17.5 Å². The maximum Gasteiger partial charge on any atom is 0.0484 e. The summed E-state index contributed by atoms with van der Waals surface area (Å²) in [4.78, 5) is 0. The van der Waals surface area contributed by atoms with Crippen molar-refractivity contribution in [3.8, 4) is 0 Å². The number of rotatable bonds is 2. The van der Waals surface area contributed by atoms with Crippen molar-refractivity contribution in [2.45, 2.75) is 44.9 Å². The van der Waals surface area contributed by atoms with Crippen LogP contribution in [0, 0.1) is 5.92 Å². The van der Waals surface area contributed by atoms with Crippen LogP contribution in [0.3, 0.4) is 0 Å². The van der Waals surface area contributed by atoms with Gasteiger partial charge < -0.3 is 5.32 Å². The molecule has 2 unspecified atom stereocenters. The van der Waals surface area contributed by atoms with Crippen LogP contribution in [0.25, 0.3) is 10.8 Å². The van der Waals surface area contributed by atoms with Gasteiger partial charge in [-0.25, -0.2) is 0 Å². The Bertz CT molecular complexity index is 612. The van der Waals surface area contributed by atoms with Crippen molar-refractivity contribution in [2.75, 3.05) is 13.1 Å². The topological polar surface area (TPSA) is 12.0 Å². The van der Waals surface area contributed by atoms with Crippen molar-refractivity contribution in [3.05, 3.63) is 47.0 Å². The van der Waals surface area contributed by atoms with Gasteiger partial charge in [0.2, 0.25) is 0 Å². The fraction of sp³-hybridized carbons (Fsp3) is 0.500. The molecule has 1 nitrogen and oxygen atoms in total. The van der Waals surface area contributed by atoms with Crippen LogP contribution in [0.1, 0.15) is 50.5 Å². The average molecular weight is 316 g/mol. The van der Waals surface area contributed by atoms with E-state index in [1.165, 1.54) is 55.0 Å². The summed E-state index contributed by atoms with van der Waals surface area (Å²) >= 11 is 6.38. The van der Waals surface area contributed by atoms with Gasteiger partial charge in [0.15, 0.2) is 0 Å². The maximum atomic E-state index is 6.38. The Morgan fingerprint density at radius 2 is 1.77 bits per heavy atom. The van der Waals surface area contributed by atoms with E-state index in [4.69, 9.17) is 11.6 Å². The summed E-state index contributed by atoms with van der Waals surface area (Å²) in [5.41, 5.74) is 1.46. The maximum absolute atomic E-state index is 6.38. The van der Waals surface area contributed by atoms with Crippen LogP contribution >= 0.6 is 11.6 Å². The van der Waals surface area contributed by atoms with Crippen LogP contribution < -0.4 is 5.32 Å². The van der Waals surface area contributed by atoms with Crippen LogP contribution in [0.4, 0.5) is 0 Å². The lowest BCUT2D eigenvalue weighted by molar-refractivity contribution is 0.379. The van der Waals surface area contributed by atoms with Gasteiger partial charge in [0.25, 0.3) is 0 Å². The molecule has 0 radical (unpaired) electrons. The zero-order chi connectivity index (χ0) is 15.4. The Morgan fingerprint density at radius 3 is 2.68 bits per heavy atom. The molecule has 0 saturated carbocycles. The second-order valence-corrected chi connectivity index (χ2v) is 7.03. The Labute approximate surface area is 139 Å². The van der Waals surface area contributed by atoms with Gasteiger partial charge in [-0.05, 0) is 61.2 Å². The smallest absolute Gasteiger partial charge is 0.0484 e. The third-order valence-corrected chi connectivity index (χ3v) is 5.55. The molecule has 118 valence electrons. The molecule has 2 aromatic carbocycles. The lowest BCUT2D eigenvalue weighted by Gasteiger charge is -2.25. The van der Waals surface area contributed by atoms with Crippen molar-refractivity contribution in [1.82, 2.24) is 5.32 Å². The first-order valence-corrected chi connectivity index (χ1v) is 9.03. The van der Waals surface area contributed by atoms with Crippen molar-refractivity contribution < 1.29 is 0 Å². The summed E-state index contributed by atoms with van der Waals surface area (Å²) in [7, 11) is 0. The molecular weight excluding hydrogens is 290 g/mol. The van der Waals surface area contributed by atoms with E-state index in [2.05, 4.69) is 42.6 Å². The van der Waals surface area contributed by atoms with Crippen molar-refractivity contribution >= 4 is 22.4 Å². The Balaban J connectivity index is 1.90. The first kappa shape index (κ1) is 15.8. The van der Waals surface area contributed by atoms with Crippen LogP contribution in [0.5, 0.6) is 0 Å². The van der Waals surface area contributed by atoms with Gasteiger partial charge in [0.05, 0.1) is 0 Å². The van der Waals surface area contributed by atoms with Crippen molar-refractivity contribution in [3.63, 3.8) is 0 Å². The summed E-state index contributed by atoms with van der Waals surface area (Å²) in [6, 6.07) is 12.9. The third-order valence-electron chi connectivity index (χ3n) is 5.22. The Kier molecular flexibility index (Phi) is 5.38. The standard InChI is InChI=1S/C20H26ClN/c1-15(16-7-3-2-4-13-22-14-12-16)17-8-5-10-19-18(17)9-6-11-20(19)21/h5-6,8-11,15-16,22H,2-4,7,12-14H2,1H3. The molecular formula is C20H26ClN. The molecule has 2 heteroatoms. The molecule has 22 heavy (non-hydrogen) atoms. The van der Waals surface area contributed by atoms with E-state index in [9.17, 15) is 0 Å². The quantitative estimate of drug-likeness (QED) is 0.742. The van der Waals surface area contributed by atoms with Crippen molar-refractivity contribution in [1.29, 1.82) is 0 Å². The number of fused-ring (bicyclic) bond motifs is 1. The number of hydrogen-bond donors (Lipinski definition) is 1. The minimum Gasteiger partial charge on any atom is -0.317 e. The van der Waals surface area contributed by atoms with Gasteiger partial charge in [-0.2, -0.15) is 0 Å². The lowest BCUT2D eigenvalue weighted by Crippen LogP contribution is -2.20. The van der Waals surface area contributed by atoms with Gasteiger partial charge in [-0.15, -0.1) is 0 Å². The zero-order valence-corrected chi connectivity index (χ0v) is 14.2. The number of hydrogen-bond acceptors (Lipinski definition) is 1. The van der Waals surface area contributed by atoms with Gasteiger partial charge in [-0.1, -0.05) is 61.7 Å². The highest BCUT2D eigenvalue weighted by Gasteiger charge is 2.21. The van der Waals surface area contributed by atoms with Gasteiger partial charge in [0.1, 0.15) is 0 Å². The van der Waals surface area contributed by atoms with E-state index in [1.807, 2.05) is 6.07 Å². The highest BCUT2D eigenvalue weighted by molar-refractivity contribution is 6.35. The highest BCUT2D eigenvalue weighted by atomic mass is 35.5. The van der Waals surface area contributed by atoms with E-state index < -0.39 is 0 Å². The predicted molar refractivity (Wildman–Crippen MR) is 96.8 cm³/mol. The molecule has 3 rings (SSSR count). The fourth-order valence-electron chi connectivity index (χ4n) is 3.84. The number of halogens is 1. The summed E-state index contributed by atoms with van der Waals surface area (Å²) < 4.78 is 0. The summed E-state index contributed by atoms with van der Waals surface area (Å²) in [5, 5.41) is 6.97. The molecule has 0 aliphatic carbocycles. The SMILES string of the molecule is CC(c1cccc2c(Cl)cccc12)C1CCCCCNCC1. The molecule has 1 saturated heterocycles. The molecule has 0 amide bonds. The van der Waals surface area contributed by atoms with E-state index in [-0.39, 0.29) is 0 Å². The van der Waals surface area contributed by atoms with Crippen molar-refractivity contribution in [2.24, 2.45) is 5.92 Å². The highest BCUT2D eigenvalue weighted by Crippen LogP contribution is 2.36. The molecule has 0 spiro atoms. The van der Waals surface area contributed by atoms with Crippen LogP contribution in [-0.4, -0.2) is 13.1 Å². The van der Waals surface area contributed by atoms with Gasteiger partial charge in [-0.3, -0.25) is 0 Å². The first-order chi connectivity index (χ1) is 10.8. The molecule has 1 heterocycles. The predicted octanol–water partition coefficient (Wildman–Crippen LogP) is 5.77. The Morgan fingerprint density at radius 1 is 0.955 bits per heavy atom. The van der Waals surface area contributed by atoms with Crippen LogP contribution in [0.2, 0.25) is 5.02 Å².